The van der Waals surface area contributed by atoms with E-state index in [0.29, 0.717) is 29.8 Å². The van der Waals surface area contributed by atoms with Crippen LogP contribution in [-0.2, 0) is 24.8 Å². The lowest BCUT2D eigenvalue weighted by Crippen LogP contribution is -2.30. The molecule has 1 aromatic carbocycles. The molecule has 0 saturated carbocycles. The maximum absolute atomic E-state index is 13.7. The van der Waals surface area contributed by atoms with Gasteiger partial charge in [0.25, 0.3) is 0 Å². The van der Waals surface area contributed by atoms with Gasteiger partial charge in [-0.2, -0.15) is 4.68 Å². The maximum Gasteiger partial charge on any atom is 0.389 e. The molecule has 2 aromatic heterocycles. The molecule has 0 radical (unpaired) electrons. The average molecular weight is 346 g/mol. The molecule has 130 valence electrons. The number of hydrogen-bond donors (Lipinski definition) is 1. The zero-order valence-electron chi connectivity index (χ0n) is 13.3. The standard InChI is InChI=1S/C15H15FN6O3/c1-20-11-4-2-3-10(16)15(11)18-12(20)5-7-17-14(23)9-21-8-6-13(19-21)22(24)25/h2-4,6,8H,5,7,9H2,1H3,(H,17,23). The molecule has 3 rings (SSSR count). The number of nitrogens with zero attached hydrogens (tertiary/aromatic N) is 5. The van der Waals surface area contributed by atoms with E-state index in [9.17, 15) is 19.3 Å². The van der Waals surface area contributed by atoms with Crippen LogP contribution in [0.3, 0.4) is 0 Å². The van der Waals surface area contributed by atoms with Gasteiger partial charge in [0.2, 0.25) is 5.91 Å². The van der Waals surface area contributed by atoms with Gasteiger partial charge in [-0.05, 0) is 17.1 Å². The van der Waals surface area contributed by atoms with Gasteiger partial charge >= 0.3 is 5.82 Å². The van der Waals surface area contributed by atoms with Gasteiger partial charge in [0.15, 0.2) is 5.82 Å². The van der Waals surface area contributed by atoms with E-state index in [1.165, 1.54) is 23.0 Å². The molecule has 0 aliphatic rings. The smallest absolute Gasteiger partial charge is 0.358 e. The highest BCUT2D eigenvalue weighted by atomic mass is 19.1. The van der Waals surface area contributed by atoms with Gasteiger partial charge in [-0.1, -0.05) is 6.07 Å². The highest BCUT2D eigenvalue weighted by Crippen LogP contribution is 2.17. The molecule has 0 aliphatic heterocycles. The molecule has 0 bridgehead atoms. The number of aryl methyl sites for hydroxylation is 1. The quantitative estimate of drug-likeness (QED) is 0.532. The first kappa shape index (κ1) is 16.6. The van der Waals surface area contributed by atoms with Gasteiger partial charge in [-0.3, -0.25) is 4.79 Å². The fraction of sp³-hybridized carbons (Fsp3) is 0.267. The van der Waals surface area contributed by atoms with Gasteiger partial charge in [-0.25, -0.2) is 9.37 Å². The van der Waals surface area contributed by atoms with E-state index in [4.69, 9.17) is 0 Å². The van der Waals surface area contributed by atoms with Crippen molar-refractivity contribution in [3.05, 3.63) is 52.2 Å². The van der Waals surface area contributed by atoms with Crippen molar-refractivity contribution in [1.82, 2.24) is 24.6 Å². The van der Waals surface area contributed by atoms with Crippen molar-refractivity contribution in [3.8, 4) is 0 Å². The second kappa shape index (κ2) is 6.67. The number of fused-ring (bicyclic) bond motifs is 1. The molecular weight excluding hydrogens is 331 g/mol. The third kappa shape index (κ3) is 3.47. The summed E-state index contributed by atoms with van der Waals surface area (Å²) in [5.41, 5.74) is 0.986. The normalized spacial score (nSPS) is 11.0. The largest absolute Gasteiger partial charge is 0.389 e. The number of benzene rings is 1. The molecule has 1 amide bonds. The van der Waals surface area contributed by atoms with Crippen LogP contribution in [0.4, 0.5) is 10.2 Å². The molecule has 1 N–H and O–H groups in total. The predicted octanol–water partition coefficient (Wildman–Crippen LogP) is 1.18. The minimum Gasteiger partial charge on any atom is -0.358 e. The number of hydrogen-bond acceptors (Lipinski definition) is 5. The van der Waals surface area contributed by atoms with Gasteiger partial charge in [0.1, 0.15) is 17.9 Å². The molecule has 25 heavy (non-hydrogen) atoms. The Morgan fingerprint density at radius 1 is 1.40 bits per heavy atom. The lowest BCUT2D eigenvalue weighted by molar-refractivity contribution is -0.389. The summed E-state index contributed by atoms with van der Waals surface area (Å²) in [4.78, 5) is 26.0. The van der Waals surface area contributed by atoms with E-state index in [0.717, 1.165) is 0 Å². The third-order valence-electron chi connectivity index (χ3n) is 3.74. The first-order valence-electron chi connectivity index (χ1n) is 7.50. The first-order chi connectivity index (χ1) is 12.0. The monoisotopic (exact) mass is 346 g/mol. The first-order valence-corrected chi connectivity index (χ1v) is 7.50. The predicted molar refractivity (Wildman–Crippen MR) is 86.3 cm³/mol. The highest BCUT2D eigenvalue weighted by Gasteiger charge is 2.14. The zero-order chi connectivity index (χ0) is 18.0. The number of aromatic nitrogens is 4. The summed E-state index contributed by atoms with van der Waals surface area (Å²) in [5, 5.41) is 16.9. The Hall–Kier alpha value is -3.30. The van der Waals surface area contributed by atoms with E-state index in [-0.39, 0.29) is 24.1 Å². The van der Waals surface area contributed by atoms with Crippen molar-refractivity contribution in [1.29, 1.82) is 0 Å². The van der Waals surface area contributed by atoms with Gasteiger partial charge in [0.05, 0.1) is 22.9 Å². The SMILES string of the molecule is Cn1c(CCNC(=O)Cn2ccc([N+](=O)[O-])n2)nc2c(F)cccc21. The van der Waals surface area contributed by atoms with E-state index in [1.807, 2.05) is 0 Å². The Balaban J connectivity index is 1.57. The van der Waals surface area contributed by atoms with Crippen LogP contribution in [-0.4, -0.2) is 36.7 Å². The molecule has 9 nitrogen and oxygen atoms in total. The third-order valence-corrected chi connectivity index (χ3v) is 3.74. The van der Waals surface area contributed by atoms with Crippen molar-refractivity contribution >= 4 is 22.8 Å². The van der Waals surface area contributed by atoms with E-state index in [1.54, 1.807) is 23.7 Å². The summed E-state index contributed by atoms with van der Waals surface area (Å²) >= 11 is 0. The second-order valence-electron chi connectivity index (χ2n) is 5.42. The van der Waals surface area contributed by atoms with Crippen LogP contribution in [0.1, 0.15) is 5.82 Å². The maximum atomic E-state index is 13.7. The summed E-state index contributed by atoms with van der Waals surface area (Å²) < 4.78 is 16.7. The van der Waals surface area contributed by atoms with Crippen LogP contribution in [0.2, 0.25) is 0 Å². The lowest BCUT2D eigenvalue weighted by atomic mass is 10.3. The molecule has 3 aromatic rings. The van der Waals surface area contributed by atoms with Crippen LogP contribution in [0.5, 0.6) is 0 Å². The molecule has 0 saturated heterocycles. The van der Waals surface area contributed by atoms with Gasteiger partial charge in [0, 0.05) is 20.0 Å². The molecule has 10 heteroatoms. The number of nitrogens with one attached hydrogen (secondary N) is 1. The molecular formula is C15H15FN6O3. The Morgan fingerprint density at radius 2 is 2.20 bits per heavy atom. The van der Waals surface area contributed by atoms with E-state index in [2.05, 4.69) is 15.4 Å². The van der Waals surface area contributed by atoms with Crippen LogP contribution in [0.15, 0.2) is 30.5 Å². The van der Waals surface area contributed by atoms with Gasteiger partial charge in [-0.15, -0.1) is 0 Å². The number of carbonyl (C=O) groups is 1. The fourth-order valence-electron chi connectivity index (χ4n) is 2.51. The Bertz CT molecular complexity index is 948. The van der Waals surface area contributed by atoms with Crippen molar-refractivity contribution in [3.63, 3.8) is 0 Å². The minimum absolute atomic E-state index is 0.120. The summed E-state index contributed by atoms with van der Waals surface area (Å²) in [6.45, 7) is 0.186. The second-order valence-corrected chi connectivity index (χ2v) is 5.42. The molecule has 2 heterocycles. The van der Waals surface area contributed by atoms with Crippen molar-refractivity contribution < 1.29 is 14.1 Å². The summed E-state index contributed by atoms with van der Waals surface area (Å²) in [6.07, 6.45) is 1.79. The molecule has 0 fully saturated rings. The Morgan fingerprint density at radius 3 is 2.88 bits per heavy atom. The minimum atomic E-state index is -0.626. The summed E-state index contributed by atoms with van der Waals surface area (Å²) in [7, 11) is 1.79. The van der Waals surface area contributed by atoms with Crippen molar-refractivity contribution in [2.75, 3.05) is 6.54 Å². The number of halogens is 1. The Kier molecular flexibility index (Phi) is 4.42. The number of carbonyl (C=O) groups excluding carboxylic acids is 1. The van der Waals surface area contributed by atoms with E-state index < -0.39 is 4.92 Å². The molecule has 0 aliphatic carbocycles. The molecule has 0 unspecified atom stereocenters. The van der Waals surface area contributed by atoms with E-state index >= 15 is 0 Å². The van der Waals surface area contributed by atoms with Crippen molar-refractivity contribution in [2.45, 2.75) is 13.0 Å². The Labute approximate surface area is 141 Å². The van der Waals surface area contributed by atoms with Crippen LogP contribution in [0, 0.1) is 15.9 Å². The summed E-state index contributed by atoms with van der Waals surface area (Å²) in [5.74, 6) is -0.378. The fourth-order valence-corrected chi connectivity index (χ4v) is 2.51. The number of imidazole rings is 1. The zero-order valence-corrected chi connectivity index (χ0v) is 13.3. The van der Waals surface area contributed by atoms with Crippen LogP contribution < -0.4 is 5.32 Å². The number of rotatable bonds is 6. The number of amides is 1. The van der Waals surface area contributed by atoms with Crippen LogP contribution >= 0.6 is 0 Å². The lowest BCUT2D eigenvalue weighted by Gasteiger charge is -2.04. The van der Waals surface area contributed by atoms with Gasteiger partial charge < -0.3 is 20.0 Å². The molecule has 0 spiro atoms. The average Bonchev–Trinajstić information content (AvgIpc) is 3.15. The highest BCUT2D eigenvalue weighted by molar-refractivity contribution is 5.77. The summed E-state index contributed by atoms with van der Waals surface area (Å²) in [6, 6.07) is 5.97. The molecule has 0 atom stereocenters. The van der Waals surface area contributed by atoms with Crippen LogP contribution in [0.25, 0.3) is 11.0 Å². The number of nitro groups is 1. The van der Waals surface area contributed by atoms with Crippen molar-refractivity contribution in [2.24, 2.45) is 7.05 Å². The number of para-hydroxylation sites is 1. The topological polar surface area (TPSA) is 108 Å².